The number of piperidine rings is 1. The maximum Gasteiger partial charge on any atom is 0.416 e. The minimum Gasteiger partial charge on any atom is -0.434 e. The highest BCUT2D eigenvalue weighted by atomic mass is 19.4. The molecule has 7 nitrogen and oxygen atoms in total. The second-order valence-electron chi connectivity index (χ2n) is 7.23. The molecular formula is C19H19F5N6O. The van der Waals surface area contributed by atoms with Gasteiger partial charge in [-0.1, -0.05) is 0 Å². The van der Waals surface area contributed by atoms with Crippen LogP contribution in [0.3, 0.4) is 0 Å². The van der Waals surface area contributed by atoms with Gasteiger partial charge in [-0.15, -0.1) is 10.2 Å². The molecular weight excluding hydrogens is 423 g/mol. The Morgan fingerprint density at radius 2 is 2.03 bits per heavy atom. The molecule has 0 bridgehead atoms. The Hall–Kier alpha value is -3.02. The van der Waals surface area contributed by atoms with E-state index in [0.717, 1.165) is 38.1 Å². The number of hydrogen-bond donors (Lipinski definition) is 2. The molecule has 1 aliphatic rings. The Bertz CT molecular complexity index is 1080. The normalized spacial score (nSPS) is 17.3. The van der Waals surface area contributed by atoms with Crippen LogP contribution in [0.1, 0.15) is 24.1 Å². The van der Waals surface area contributed by atoms with E-state index >= 15 is 0 Å². The number of ether oxygens (including phenoxy) is 1. The van der Waals surface area contributed by atoms with E-state index in [-0.39, 0.29) is 17.3 Å². The first-order valence-corrected chi connectivity index (χ1v) is 9.59. The van der Waals surface area contributed by atoms with E-state index < -0.39 is 24.1 Å². The van der Waals surface area contributed by atoms with Gasteiger partial charge < -0.3 is 15.4 Å². The molecule has 1 saturated heterocycles. The molecule has 2 N–H and O–H groups in total. The largest absolute Gasteiger partial charge is 0.434 e. The zero-order valence-corrected chi connectivity index (χ0v) is 16.4. The second-order valence-corrected chi connectivity index (χ2v) is 7.23. The van der Waals surface area contributed by atoms with Crippen molar-refractivity contribution in [2.24, 2.45) is 0 Å². The number of benzene rings is 1. The van der Waals surface area contributed by atoms with Crippen LogP contribution in [0.2, 0.25) is 0 Å². The van der Waals surface area contributed by atoms with Crippen molar-refractivity contribution in [3.63, 3.8) is 0 Å². The predicted molar refractivity (Wildman–Crippen MR) is 102 cm³/mol. The third kappa shape index (κ3) is 4.53. The van der Waals surface area contributed by atoms with Crippen LogP contribution in [-0.4, -0.2) is 45.6 Å². The molecule has 1 atom stereocenters. The van der Waals surface area contributed by atoms with Crippen LogP contribution in [-0.2, 0) is 6.18 Å². The van der Waals surface area contributed by atoms with Crippen molar-refractivity contribution in [2.75, 3.05) is 18.4 Å². The Balaban J connectivity index is 1.80. The molecule has 0 radical (unpaired) electrons. The van der Waals surface area contributed by atoms with Gasteiger partial charge in [0, 0.05) is 18.2 Å². The molecule has 166 valence electrons. The van der Waals surface area contributed by atoms with Crippen LogP contribution in [0, 0.1) is 6.92 Å². The van der Waals surface area contributed by atoms with Crippen LogP contribution in [0.15, 0.2) is 24.3 Å². The number of alkyl halides is 5. The van der Waals surface area contributed by atoms with Crippen LogP contribution in [0.4, 0.5) is 27.9 Å². The summed E-state index contributed by atoms with van der Waals surface area (Å²) < 4.78 is 70.9. The Morgan fingerprint density at radius 1 is 1.23 bits per heavy atom. The standard InChI is InChI=1S/C19H19F5N6O/c1-10-7-14-16(13-5-4-11(19(22,23)24)8-15(13)31-17(20)21)27-28-18(30(14)29-10)26-12-3-2-6-25-9-12/h4-5,7-8,12,17,25H,2-3,6,9H2,1H3,(H,26,28)/t12-/m1/s1. The van der Waals surface area contributed by atoms with Gasteiger partial charge in [0.1, 0.15) is 11.4 Å². The van der Waals surface area contributed by atoms with Crippen molar-refractivity contribution >= 4 is 11.5 Å². The first-order valence-electron chi connectivity index (χ1n) is 9.59. The maximum absolute atomic E-state index is 13.1. The quantitative estimate of drug-likeness (QED) is 0.584. The summed E-state index contributed by atoms with van der Waals surface area (Å²) in [5, 5.41) is 19.1. The number of fused-ring (bicyclic) bond motifs is 1. The van der Waals surface area contributed by atoms with Crippen LogP contribution < -0.4 is 15.4 Å². The summed E-state index contributed by atoms with van der Waals surface area (Å²) in [7, 11) is 0. The number of aromatic nitrogens is 4. The third-order valence-corrected chi connectivity index (χ3v) is 4.93. The van der Waals surface area contributed by atoms with E-state index in [1.54, 1.807) is 13.0 Å². The Morgan fingerprint density at radius 3 is 2.71 bits per heavy atom. The number of nitrogens with one attached hydrogen (secondary N) is 2. The number of rotatable bonds is 5. The van der Waals surface area contributed by atoms with E-state index in [2.05, 4.69) is 30.7 Å². The highest BCUT2D eigenvalue weighted by Gasteiger charge is 2.32. The molecule has 12 heteroatoms. The van der Waals surface area contributed by atoms with E-state index in [4.69, 9.17) is 0 Å². The minimum atomic E-state index is -4.71. The van der Waals surface area contributed by atoms with Crippen molar-refractivity contribution in [3.05, 3.63) is 35.5 Å². The average Bonchev–Trinajstić information content (AvgIpc) is 3.10. The van der Waals surface area contributed by atoms with Crippen molar-refractivity contribution in [1.29, 1.82) is 0 Å². The fourth-order valence-corrected chi connectivity index (χ4v) is 3.55. The van der Waals surface area contributed by atoms with Gasteiger partial charge in [0.05, 0.1) is 16.8 Å². The van der Waals surface area contributed by atoms with E-state index in [9.17, 15) is 22.0 Å². The molecule has 3 aromatic rings. The lowest BCUT2D eigenvalue weighted by Gasteiger charge is -2.24. The van der Waals surface area contributed by atoms with Gasteiger partial charge in [-0.3, -0.25) is 0 Å². The maximum atomic E-state index is 13.1. The summed E-state index contributed by atoms with van der Waals surface area (Å²) in [6.07, 6.45) is -2.80. The van der Waals surface area contributed by atoms with Crippen molar-refractivity contribution in [1.82, 2.24) is 25.1 Å². The lowest BCUT2D eigenvalue weighted by Crippen LogP contribution is -2.39. The molecule has 0 amide bonds. The van der Waals surface area contributed by atoms with Gasteiger partial charge in [0.15, 0.2) is 0 Å². The fraction of sp³-hybridized carbons (Fsp3) is 0.421. The van der Waals surface area contributed by atoms with Crippen LogP contribution >= 0.6 is 0 Å². The van der Waals surface area contributed by atoms with Gasteiger partial charge in [-0.05, 0) is 50.6 Å². The lowest BCUT2D eigenvalue weighted by atomic mass is 10.1. The number of hydrogen-bond acceptors (Lipinski definition) is 6. The van der Waals surface area contributed by atoms with Gasteiger partial charge in [0.25, 0.3) is 0 Å². The zero-order valence-electron chi connectivity index (χ0n) is 16.4. The van der Waals surface area contributed by atoms with E-state index in [1.807, 2.05) is 0 Å². The summed E-state index contributed by atoms with van der Waals surface area (Å²) in [5.41, 5.74) is -0.0701. The summed E-state index contributed by atoms with van der Waals surface area (Å²) in [6.45, 7) is 0.0835. The molecule has 2 aromatic heterocycles. The lowest BCUT2D eigenvalue weighted by molar-refractivity contribution is -0.138. The van der Waals surface area contributed by atoms with Gasteiger partial charge >= 0.3 is 12.8 Å². The number of halogens is 5. The van der Waals surface area contributed by atoms with E-state index in [0.29, 0.717) is 23.2 Å². The number of nitrogens with zero attached hydrogens (tertiary/aromatic N) is 4. The monoisotopic (exact) mass is 442 g/mol. The highest BCUT2D eigenvalue weighted by Crippen LogP contribution is 2.38. The molecule has 0 aliphatic carbocycles. The number of aryl methyl sites for hydroxylation is 1. The highest BCUT2D eigenvalue weighted by molar-refractivity contribution is 5.81. The first-order chi connectivity index (χ1) is 14.7. The topological polar surface area (TPSA) is 76.4 Å². The number of anilines is 1. The fourth-order valence-electron chi connectivity index (χ4n) is 3.55. The average molecular weight is 442 g/mol. The minimum absolute atomic E-state index is 0.0448. The Kier molecular flexibility index (Phi) is 5.65. The SMILES string of the molecule is Cc1cc2c(-c3ccc(C(F)(F)F)cc3OC(F)F)nnc(N[C@@H]3CCCNC3)n2n1. The molecule has 31 heavy (non-hydrogen) atoms. The zero-order chi connectivity index (χ0) is 22.2. The van der Waals surface area contributed by atoms with Crippen molar-refractivity contribution in [3.8, 4) is 17.0 Å². The van der Waals surface area contributed by atoms with Crippen LogP contribution in [0.5, 0.6) is 5.75 Å². The molecule has 0 saturated carbocycles. The first kappa shape index (κ1) is 21.2. The molecule has 4 rings (SSSR count). The van der Waals surface area contributed by atoms with Gasteiger partial charge in [0.2, 0.25) is 5.95 Å². The molecule has 0 unspecified atom stereocenters. The van der Waals surface area contributed by atoms with Gasteiger partial charge in [-0.25, -0.2) is 0 Å². The van der Waals surface area contributed by atoms with E-state index in [1.165, 1.54) is 4.52 Å². The van der Waals surface area contributed by atoms with Crippen molar-refractivity contribution < 1.29 is 26.7 Å². The molecule has 3 heterocycles. The summed E-state index contributed by atoms with van der Waals surface area (Å²) in [4.78, 5) is 0. The third-order valence-electron chi connectivity index (χ3n) is 4.93. The summed E-state index contributed by atoms with van der Waals surface area (Å²) >= 11 is 0. The molecule has 1 aromatic carbocycles. The second kappa shape index (κ2) is 8.25. The van der Waals surface area contributed by atoms with Gasteiger partial charge in [-0.2, -0.15) is 31.6 Å². The molecule has 1 aliphatic heterocycles. The molecule has 1 fully saturated rings. The van der Waals surface area contributed by atoms with Crippen LogP contribution in [0.25, 0.3) is 16.8 Å². The molecule has 0 spiro atoms. The summed E-state index contributed by atoms with van der Waals surface area (Å²) in [6, 6.07) is 4.12. The van der Waals surface area contributed by atoms with Crippen molar-refractivity contribution in [2.45, 2.75) is 38.6 Å². The predicted octanol–water partition coefficient (Wildman–Crippen LogP) is 3.88. The summed E-state index contributed by atoms with van der Waals surface area (Å²) in [5.74, 6) is -0.291. The Labute approximate surface area is 173 Å². The smallest absolute Gasteiger partial charge is 0.416 e.